The van der Waals surface area contributed by atoms with Crippen LogP contribution < -0.4 is 0 Å². The van der Waals surface area contributed by atoms with Crippen molar-refractivity contribution in [1.29, 1.82) is 0 Å². The second kappa shape index (κ2) is 5.17. The van der Waals surface area contributed by atoms with E-state index in [1.807, 2.05) is 4.90 Å². The van der Waals surface area contributed by atoms with E-state index in [0.29, 0.717) is 30.5 Å². The smallest absolute Gasteiger partial charge is 0.296 e. The van der Waals surface area contributed by atoms with Crippen molar-refractivity contribution in [3.8, 4) is 0 Å². The fourth-order valence-electron chi connectivity index (χ4n) is 2.02. The first-order valence-corrected chi connectivity index (χ1v) is 6.37. The molecule has 0 aromatic heterocycles. The second-order valence-corrected chi connectivity index (χ2v) is 5.28. The van der Waals surface area contributed by atoms with Gasteiger partial charge in [-0.25, -0.2) is 4.39 Å². The monoisotopic (exact) mass is 325 g/mol. The van der Waals surface area contributed by atoms with Crippen LogP contribution in [-0.4, -0.2) is 24.2 Å². The molecule has 6 heteroatoms. The molecule has 1 aliphatic rings. The van der Waals surface area contributed by atoms with E-state index in [1.165, 1.54) is 6.07 Å². The van der Waals surface area contributed by atoms with Crippen molar-refractivity contribution in [2.75, 3.05) is 13.1 Å². The highest BCUT2D eigenvalue weighted by atomic mass is 79.9. The maximum absolute atomic E-state index is 13.0. The summed E-state index contributed by atoms with van der Waals surface area (Å²) in [6.07, 6.45) is -4.66. The third kappa shape index (κ3) is 3.23. The molecule has 1 aliphatic heterocycles. The molecule has 0 N–H and O–H groups in total. The first-order chi connectivity index (χ1) is 8.36. The largest absolute Gasteiger partial charge is 0.416 e. The van der Waals surface area contributed by atoms with Crippen molar-refractivity contribution in [3.05, 3.63) is 33.8 Å². The zero-order chi connectivity index (χ0) is 13.3. The van der Waals surface area contributed by atoms with Gasteiger partial charge >= 0.3 is 6.18 Å². The lowest BCUT2D eigenvalue weighted by molar-refractivity contribution is -0.137. The predicted octanol–water partition coefficient (Wildman–Crippen LogP) is 4.01. The summed E-state index contributed by atoms with van der Waals surface area (Å²) >= 11 is 3.14. The number of nitrogens with zero attached hydrogens (tertiary/aromatic N) is 1. The highest BCUT2D eigenvalue weighted by Crippen LogP contribution is 2.32. The molecular weight excluding hydrogens is 314 g/mol. The molecule has 1 aromatic rings. The van der Waals surface area contributed by atoms with Gasteiger partial charge in [-0.1, -0.05) is 22.0 Å². The normalized spacial score (nSPS) is 21.5. The molecule has 1 aromatic carbocycles. The second-order valence-electron chi connectivity index (χ2n) is 4.43. The minimum Gasteiger partial charge on any atom is -0.296 e. The molecule has 1 saturated heterocycles. The summed E-state index contributed by atoms with van der Waals surface area (Å²) in [5, 5.41) is 0. The molecule has 0 bridgehead atoms. The average Bonchev–Trinajstić information content (AvgIpc) is 2.65. The number of alkyl halides is 4. The van der Waals surface area contributed by atoms with Gasteiger partial charge in [-0.3, -0.25) is 4.90 Å². The van der Waals surface area contributed by atoms with E-state index in [0.717, 1.165) is 17.7 Å². The van der Waals surface area contributed by atoms with Crippen molar-refractivity contribution in [2.24, 2.45) is 0 Å². The molecule has 1 heterocycles. The lowest BCUT2D eigenvalue weighted by Crippen LogP contribution is -2.20. The third-order valence-corrected chi connectivity index (χ3v) is 3.73. The van der Waals surface area contributed by atoms with Crippen molar-refractivity contribution >= 4 is 15.9 Å². The summed E-state index contributed by atoms with van der Waals surface area (Å²) < 4.78 is 50.8. The molecule has 1 atom stereocenters. The topological polar surface area (TPSA) is 3.24 Å². The third-order valence-electron chi connectivity index (χ3n) is 2.99. The maximum Gasteiger partial charge on any atom is 0.416 e. The molecule has 2 rings (SSSR count). The summed E-state index contributed by atoms with van der Waals surface area (Å²) in [7, 11) is 0. The molecular formula is C12H12BrF4N. The molecule has 100 valence electrons. The van der Waals surface area contributed by atoms with Crippen molar-refractivity contribution in [3.63, 3.8) is 0 Å². The first-order valence-electron chi connectivity index (χ1n) is 5.58. The van der Waals surface area contributed by atoms with Crippen LogP contribution in [0.2, 0.25) is 0 Å². The Balaban J connectivity index is 2.10. The molecule has 0 saturated carbocycles. The molecule has 1 unspecified atom stereocenters. The number of hydrogen-bond donors (Lipinski definition) is 0. The number of rotatable bonds is 2. The van der Waals surface area contributed by atoms with E-state index in [4.69, 9.17) is 0 Å². The van der Waals surface area contributed by atoms with E-state index in [2.05, 4.69) is 15.9 Å². The van der Waals surface area contributed by atoms with Gasteiger partial charge in [-0.2, -0.15) is 13.2 Å². The molecule has 0 aliphatic carbocycles. The van der Waals surface area contributed by atoms with Gasteiger partial charge in [0.1, 0.15) is 6.17 Å². The number of benzene rings is 1. The summed E-state index contributed by atoms with van der Waals surface area (Å²) in [4.78, 5) is 1.90. The van der Waals surface area contributed by atoms with Crippen LogP contribution in [0.3, 0.4) is 0 Å². The molecule has 1 fully saturated rings. The molecule has 0 amide bonds. The maximum atomic E-state index is 13.0. The van der Waals surface area contributed by atoms with Gasteiger partial charge in [0.2, 0.25) is 0 Å². The van der Waals surface area contributed by atoms with E-state index in [1.54, 1.807) is 0 Å². The quantitative estimate of drug-likeness (QED) is 0.742. The van der Waals surface area contributed by atoms with Crippen LogP contribution in [0.5, 0.6) is 0 Å². The summed E-state index contributed by atoms with van der Waals surface area (Å²) in [5.74, 6) is 0. The van der Waals surface area contributed by atoms with Crippen molar-refractivity contribution in [1.82, 2.24) is 4.90 Å². The van der Waals surface area contributed by atoms with Gasteiger partial charge in [0, 0.05) is 24.1 Å². The molecule has 0 spiro atoms. The fourth-order valence-corrected chi connectivity index (χ4v) is 2.53. The number of likely N-dealkylation sites (tertiary alicyclic amines) is 1. The van der Waals surface area contributed by atoms with Crippen LogP contribution in [0.1, 0.15) is 17.5 Å². The van der Waals surface area contributed by atoms with Gasteiger partial charge < -0.3 is 0 Å². The van der Waals surface area contributed by atoms with Crippen LogP contribution in [-0.2, 0) is 12.7 Å². The van der Waals surface area contributed by atoms with Crippen molar-refractivity contribution < 1.29 is 17.6 Å². The van der Waals surface area contributed by atoms with Gasteiger partial charge in [0.15, 0.2) is 0 Å². The first kappa shape index (κ1) is 13.8. The van der Waals surface area contributed by atoms with Gasteiger partial charge in [0.05, 0.1) is 5.56 Å². The summed E-state index contributed by atoms with van der Waals surface area (Å²) in [6.45, 7) is 1.47. The van der Waals surface area contributed by atoms with E-state index >= 15 is 0 Å². The highest BCUT2D eigenvalue weighted by molar-refractivity contribution is 9.10. The summed E-state index contributed by atoms with van der Waals surface area (Å²) in [5.41, 5.74) is 0.0695. The Morgan fingerprint density at radius 2 is 2.06 bits per heavy atom. The highest BCUT2D eigenvalue weighted by Gasteiger charge is 2.31. The molecule has 1 nitrogen and oxygen atoms in total. The Morgan fingerprint density at radius 3 is 2.56 bits per heavy atom. The lowest BCUT2D eigenvalue weighted by Gasteiger charge is -2.16. The zero-order valence-corrected chi connectivity index (χ0v) is 11.1. The number of hydrogen-bond acceptors (Lipinski definition) is 1. The van der Waals surface area contributed by atoms with Crippen molar-refractivity contribution in [2.45, 2.75) is 25.3 Å². The Bertz CT molecular complexity index is 433. The Hall–Kier alpha value is -0.620. The van der Waals surface area contributed by atoms with Crippen LogP contribution >= 0.6 is 15.9 Å². The van der Waals surface area contributed by atoms with Gasteiger partial charge in [0.25, 0.3) is 0 Å². The number of halogens is 5. The van der Waals surface area contributed by atoms with E-state index in [-0.39, 0.29) is 0 Å². The van der Waals surface area contributed by atoms with Gasteiger partial charge in [-0.05, 0) is 24.1 Å². The predicted molar refractivity (Wildman–Crippen MR) is 63.9 cm³/mol. The zero-order valence-electron chi connectivity index (χ0n) is 9.47. The Labute approximate surface area is 111 Å². The Kier molecular flexibility index (Phi) is 3.96. The average molecular weight is 326 g/mol. The molecule has 0 radical (unpaired) electrons. The van der Waals surface area contributed by atoms with Crippen LogP contribution in [0.25, 0.3) is 0 Å². The SMILES string of the molecule is FC1CCN(Cc2ccc(C(F)(F)F)cc2Br)C1. The minimum atomic E-state index is -4.33. The van der Waals surface area contributed by atoms with Crippen LogP contribution in [0.4, 0.5) is 17.6 Å². The lowest BCUT2D eigenvalue weighted by atomic mass is 10.1. The van der Waals surface area contributed by atoms with Crippen LogP contribution in [0.15, 0.2) is 22.7 Å². The summed E-state index contributed by atoms with van der Waals surface area (Å²) in [6, 6.07) is 3.57. The molecule has 18 heavy (non-hydrogen) atoms. The van der Waals surface area contributed by atoms with Gasteiger partial charge in [-0.15, -0.1) is 0 Å². The van der Waals surface area contributed by atoms with Crippen LogP contribution in [0, 0.1) is 0 Å². The van der Waals surface area contributed by atoms with E-state index in [9.17, 15) is 17.6 Å². The van der Waals surface area contributed by atoms with E-state index < -0.39 is 17.9 Å². The fraction of sp³-hybridized carbons (Fsp3) is 0.500. The standard InChI is InChI=1S/C12H12BrF4N/c13-11-5-9(12(15,16)17)2-1-8(11)6-18-4-3-10(14)7-18/h1-2,5,10H,3-4,6-7H2. The Morgan fingerprint density at radius 1 is 1.33 bits per heavy atom. The minimum absolute atomic E-state index is 0.355.